The van der Waals surface area contributed by atoms with Crippen molar-refractivity contribution < 1.29 is 9.53 Å². The predicted molar refractivity (Wildman–Crippen MR) is 102 cm³/mol. The average molecular weight is 379 g/mol. The van der Waals surface area contributed by atoms with Gasteiger partial charge in [-0.15, -0.1) is 0 Å². The van der Waals surface area contributed by atoms with Crippen LogP contribution in [0.1, 0.15) is 18.4 Å². The van der Waals surface area contributed by atoms with Gasteiger partial charge < -0.3 is 15.0 Å². The first kappa shape index (κ1) is 18.1. The highest BCUT2D eigenvalue weighted by molar-refractivity contribution is 5.89. The van der Waals surface area contributed by atoms with Crippen LogP contribution in [0.5, 0.6) is 0 Å². The molecular formula is C19H21N7O2. The summed E-state index contributed by atoms with van der Waals surface area (Å²) in [6.45, 7) is 1.75. The Kier molecular flexibility index (Phi) is 5.53. The van der Waals surface area contributed by atoms with Crippen LogP contribution in [0.4, 0.5) is 10.5 Å². The Morgan fingerprint density at radius 3 is 2.93 bits per heavy atom. The summed E-state index contributed by atoms with van der Waals surface area (Å²) in [6.07, 6.45) is 10.2. The number of anilines is 1. The van der Waals surface area contributed by atoms with E-state index in [4.69, 9.17) is 4.74 Å². The van der Waals surface area contributed by atoms with Crippen molar-refractivity contribution in [3.05, 3.63) is 61.1 Å². The highest BCUT2D eigenvalue weighted by Gasteiger charge is 2.23. The van der Waals surface area contributed by atoms with Gasteiger partial charge in [0, 0.05) is 32.1 Å². The van der Waals surface area contributed by atoms with E-state index in [9.17, 15) is 4.79 Å². The molecule has 0 bridgehead atoms. The number of carbonyl (C=O) groups excluding carboxylic acids is 1. The fraction of sp³-hybridized carbons (Fsp3) is 0.316. The van der Waals surface area contributed by atoms with Gasteiger partial charge in [-0.2, -0.15) is 5.10 Å². The first-order chi connectivity index (χ1) is 13.8. The zero-order chi connectivity index (χ0) is 19.2. The molecule has 0 aromatic carbocycles. The highest BCUT2D eigenvalue weighted by atomic mass is 16.5. The summed E-state index contributed by atoms with van der Waals surface area (Å²) in [6, 6.07) is 7.18. The largest absolute Gasteiger partial charge is 0.376 e. The number of ether oxygens (including phenoxy) is 1. The minimum Gasteiger partial charge on any atom is -0.376 e. The minimum absolute atomic E-state index is 0.0650. The predicted octanol–water partition coefficient (Wildman–Crippen LogP) is 2.27. The molecule has 28 heavy (non-hydrogen) atoms. The number of hydrogen-bond acceptors (Lipinski definition) is 6. The van der Waals surface area contributed by atoms with E-state index in [1.54, 1.807) is 46.6 Å². The van der Waals surface area contributed by atoms with Crippen molar-refractivity contribution in [1.82, 2.24) is 29.6 Å². The van der Waals surface area contributed by atoms with Gasteiger partial charge in [-0.05, 0) is 36.6 Å². The van der Waals surface area contributed by atoms with E-state index in [0.717, 1.165) is 25.0 Å². The maximum atomic E-state index is 12.9. The van der Waals surface area contributed by atoms with Crippen LogP contribution in [-0.2, 0) is 11.3 Å². The molecular weight excluding hydrogens is 358 g/mol. The van der Waals surface area contributed by atoms with Gasteiger partial charge in [0.15, 0.2) is 5.82 Å². The Hall–Kier alpha value is -3.33. The van der Waals surface area contributed by atoms with Gasteiger partial charge in [0.05, 0.1) is 18.0 Å². The van der Waals surface area contributed by atoms with Gasteiger partial charge >= 0.3 is 6.03 Å². The van der Waals surface area contributed by atoms with Crippen molar-refractivity contribution in [2.75, 3.05) is 18.5 Å². The van der Waals surface area contributed by atoms with Crippen molar-refractivity contribution in [2.45, 2.75) is 25.5 Å². The molecule has 1 fully saturated rings. The zero-order valence-electron chi connectivity index (χ0n) is 15.3. The van der Waals surface area contributed by atoms with Crippen LogP contribution in [0.2, 0.25) is 0 Å². The fourth-order valence-electron chi connectivity index (χ4n) is 3.09. The second-order valence-electron chi connectivity index (χ2n) is 6.55. The number of amides is 2. The van der Waals surface area contributed by atoms with Crippen LogP contribution in [0.3, 0.4) is 0 Å². The minimum atomic E-state index is -0.199. The third-order valence-electron chi connectivity index (χ3n) is 4.48. The lowest BCUT2D eigenvalue weighted by Crippen LogP contribution is -2.39. The van der Waals surface area contributed by atoms with Crippen molar-refractivity contribution >= 4 is 11.7 Å². The normalized spacial score (nSPS) is 16.1. The Morgan fingerprint density at radius 1 is 1.29 bits per heavy atom. The molecule has 1 N–H and O–H groups in total. The Balaban J connectivity index is 1.44. The molecule has 0 unspecified atom stereocenters. The molecule has 4 rings (SSSR count). The SMILES string of the molecule is O=C(Nc1ccc(-n2cncn2)nc1)N(Cc1cccnc1)C[C@@H]1CCCO1. The van der Waals surface area contributed by atoms with Crippen LogP contribution in [0, 0.1) is 0 Å². The Bertz CT molecular complexity index is 878. The van der Waals surface area contributed by atoms with E-state index >= 15 is 0 Å². The summed E-state index contributed by atoms with van der Waals surface area (Å²) < 4.78 is 7.27. The molecule has 0 aliphatic carbocycles. The lowest BCUT2D eigenvalue weighted by molar-refractivity contribution is 0.0819. The van der Waals surface area contributed by atoms with Crippen molar-refractivity contribution in [2.24, 2.45) is 0 Å². The second-order valence-corrected chi connectivity index (χ2v) is 6.55. The quantitative estimate of drug-likeness (QED) is 0.705. The van der Waals surface area contributed by atoms with E-state index in [2.05, 4.69) is 25.4 Å². The Morgan fingerprint density at radius 2 is 2.25 bits per heavy atom. The standard InChI is InChI=1S/C19H21N7O2/c27-19(24-16-5-6-18(22-10-16)26-14-21-13-23-26)25(12-17-4-2-8-28-17)11-15-3-1-7-20-9-15/h1,3,5-7,9-10,13-14,17H,2,4,8,11-12H2,(H,24,27)/t17-/m0/s1. The summed E-state index contributed by atoms with van der Waals surface area (Å²) >= 11 is 0. The lowest BCUT2D eigenvalue weighted by Gasteiger charge is -2.25. The summed E-state index contributed by atoms with van der Waals surface area (Å²) in [4.78, 5) is 27.0. The molecule has 4 heterocycles. The molecule has 3 aromatic rings. The van der Waals surface area contributed by atoms with Gasteiger partial charge in [0.2, 0.25) is 0 Å². The zero-order valence-corrected chi connectivity index (χ0v) is 15.3. The molecule has 9 heteroatoms. The third kappa shape index (κ3) is 4.49. The van der Waals surface area contributed by atoms with Crippen LogP contribution < -0.4 is 5.32 Å². The maximum absolute atomic E-state index is 12.9. The van der Waals surface area contributed by atoms with Crippen LogP contribution in [-0.4, -0.2) is 54.9 Å². The smallest absolute Gasteiger partial charge is 0.322 e. The molecule has 9 nitrogen and oxygen atoms in total. The van der Waals surface area contributed by atoms with Crippen molar-refractivity contribution in [3.8, 4) is 5.82 Å². The summed E-state index contributed by atoms with van der Waals surface area (Å²) in [5, 5.41) is 6.95. The lowest BCUT2D eigenvalue weighted by atomic mass is 10.2. The number of nitrogens with one attached hydrogen (secondary N) is 1. The van der Waals surface area contributed by atoms with Gasteiger partial charge in [-0.3, -0.25) is 4.98 Å². The molecule has 1 atom stereocenters. The number of rotatable bonds is 6. The molecule has 3 aromatic heterocycles. The first-order valence-corrected chi connectivity index (χ1v) is 9.15. The number of urea groups is 1. The van der Waals surface area contributed by atoms with Gasteiger partial charge in [-0.1, -0.05) is 6.07 Å². The van der Waals surface area contributed by atoms with Crippen molar-refractivity contribution in [3.63, 3.8) is 0 Å². The maximum Gasteiger partial charge on any atom is 0.322 e. The molecule has 2 amide bonds. The van der Waals surface area contributed by atoms with E-state index in [1.807, 2.05) is 12.1 Å². The fourth-order valence-corrected chi connectivity index (χ4v) is 3.09. The molecule has 0 radical (unpaired) electrons. The van der Waals surface area contributed by atoms with Gasteiger partial charge in [0.25, 0.3) is 0 Å². The molecule has 1 aliphatic rings. The second kappa shape index (κ2) is 8.57. The van der Waals surface area contributed by atoms with Gasteiger partial charge in [-0.25, -0.2) is 19.4 Å². The van der Waals surface area contributed by atoms with Crippen LogP contribution in [0.25, 0.3) is 5.82 Å². The highest BCUT2D eigenvalue weighted by Crippen LogP contribution is 2.17. The van der Waals surface area contributed by atoms with Crippen LogP contribution >= 0.6 is 0 Å². The number of hydrogen-bond donors (Lipinski definition) is 1. The Labute approximate surface area is 162 Å². The number of pyridine rings is 2. The molecule has 1 saturated heterocycles. The average Bonchev–Trinajstić information content (AvgIpc) is 3.43. The summed E-state index contributed by atoms with van der Waals surface area (Å²) in [7, 11) is 0. The van der Waals surface area contributed by atoms with E-state index in [1.165, 1.54) is 6.33 Å². The number of carbonyl (C=O) groups is 1. The van der Waals surface area contributed by atoms with E-state index in [0.29, 0.717) is 24.6 Å². The monoisotopic (exact) mass is 379 g/mol. The number of aromatic nitrogens is 5. The topological polar surface area (TPSA) is 98.1 Å². The molecule has 1 aliphatic heterocycles. The van der Waals surface area contributed by atoms with E-state index < -0.39 is 0 Å². The molecule has 144 valence electrons. The third-order valence-corrected chi connectivity index (χ3v) is 4.48. The molecule has 0 spiro atoms. The summed E-state index contributed by atoms with van der Waals surface area (Å²) in [5.74, 6) is 0.627. The molecule has 0 saturated carbocycles. The van der Waals surface area contributed by atoms with Crippen LogP contribution in [0.15, 0.2) is 55.5 Å². The van der Waals surface area contributed by atoms with E-state index in [-0.39, 0.29) is 12.1 Å². The number of nitrogens with zero attached hydrogens (tertiary/aromatic N) is 6. The van der Waals surface area contributed by atoms with Gasteiger partial charge in [0.1, 0.15) is 12.7 Å². The summed E-state index contributed by atoms with van der Waals surface area (Å²) in [5.41, 5.74) is 1.58. The van der Waals surface area contributed by atoms with Crippen molar-refractivity contribution in [1.29, 1.82) is 0 Å². The first-order valence-electron chi connectivity index (χ1n) is 9.15.